The van der Waals surface area contributed by atoms with E-state index in [1.807, 2.05) is 44.1 Å². The molecular weight excluding hydrogens is 240 g/mol. The van der Waals surface area contributed by atoms with Crippen molar-refractivity contribution in [3.63, 3.8) is 0 Å². The smallest absolute Gasteiger partial charge is 0.217 e. The summed E-state index contributed by atoms with van der Waals surface area (Å²) >= 11 is 0. The Balaban J connectivity index is 2.88. The molecule has 0 aliphatic rings. The van der Waals surface area contributed by atoms with Crippen molar-refractivity contribution in [2.24, 2.45) is 0 Å². The van der Waals surface area contributed by atoms with Crippen LogP contribution in [0, 0.1) is 0 Å². The fourth-order valence-corrected chi connectivity index (χ4v) is 1.66. The quantitative estimate of drug-likeness (QED) is 0.652. The molecule has 1 amide bonds. The third-order valence-corrected chi connectivity index (χ3v) is 2.61. The second kappa shape index (κ2) is 6.73. The standard InChI is InChI=1S/C15H20N2O2/c1-11(16-12(2)18)13-6-5-7-14(10-13)15(19)8-9-17(3)4/h5-11H,1-4H3,(H,16,18)/b9-8+. The number of carbonyl (C=O) groups is 2. The van der Waals surface area contributed by atoms with Gasteiger partial charge in [-0.1, -0.05) is 18.2 Å². The van der Waals surface area contributed by atoms with Gasteiger partial charge in [-0.25, -0.2) is 0 Å². The van der Waals surface area contributed by atoms with Crippen molar-refractivity contribution in [3.05, 3.63) is 47.7 Å². The van der Waals surface area contributed by atoms with Crippen LogP contribution in [-0.2, 0) is 4.79 Å². The first-order valence-electron chi connectivity index (χ1n) is 6.16. The Bertz CT molecular complexity index is 493. The van der Waals surface area contributed by atoms with Crippen LogP contribution in [-0.4, -0.2) is 30.7 Å². The Labute approximate surface area is 114 Å². The lowest BCUT2D eigenvalue weighted by Gasteiger charge is -2.13. The SMILES string of the molecule is CC(=O)NC(C)c1cccc(C(=O)/C=C/N(C)C)c1. The van der Waals surface area contributed by atoms with Crippen molar-refractivity contribution in [2.75, 3.05) is 14.1 Å². The maximum Gasteiger partial charge on any atom is 0.217 e. The molecule has 0 aliphatic carbocycles. The van der Waals surface area contributed by atoms with E-state index in [0.29, 0.717) is 5.56 Å². The molecule has 0 aliphatic heterocycles. The third-order valence-electron chi connectivity index (χ3n) is 2.61. The average Bonchev–Trinajstić information content (AvgIpc) is 2.35. The highest BCUT2D eigenvalue weighted by molar-refractivity contribution is 6.04. The third kappa shape index (κ3) is 4.95. The van der Waals surface area contributed by atoms with E-state index in [2.05, 4.69) is 5.32 Å². The van der Waals surface area contributed by atoms with Crippen LogP contribution in [0.3, 0.4) is 0 Å². The van der Waals surface area contributed by atoms with Crippen LogP contribution in [0.4, 0.5) is 0 Å². The van der Waals surface area contributed by atoms with Crippen LogP contribution in [0.5, 0.6) is 0 Å². The molecule has 19 heavy (non-hydrogen) atoms. The predicted octanol–water partition coefficient (Wildman–Crippen LogP) is 2.14. The molecule has 0 fully saturated rings. The van der Waals surface area contributed by atoms with Gasteiger partial charge >= 0.3 is 0 Å². The highest BCUT2D eigenvalue weighted by Crippen LogP contribution is 2.14. The van der Waals surface area contributed by atoms with E-state index < -0.39 is 0 Å². The first-order chi connectivity index (χ1) is 8.90. The molecule has 102 valence electrons. The molecule has 1 atom stereocenters. The highest BCUT2D eigenvalue weighted by atomic mass is 16.1. The lowest BCUT2D eigenvalue weighted by atomic mass is 10.0. The second-order valence-electron chi connectivity index (χ2n) is 4.69. The number of allylic oxidation sites excluding steroid dienone is 1. The molecule has 1 aromatic carbocycles. The molecule has 1 aromatic rings. The van der Waals surface area contributed by atoms with Crippen LogP contribution in [0.1, 0.15) is 35.8 Å². The number of carbonyl (C=O) groups excluding carboxylic acids is 2. The molecule has 0 bridgehead atoms. The van der Waals surface area contributed by atoms with Gasteiger partial charge in [0.25, 0.3) is 0 Å². The summed E-state index contributed by atoms with van der Waals surface area (Å²) in [6.45, 7) is 3.37. The zero-order valence-electron chi connectivity index (χ0n) is 11.8. The molecule has 1 unspecified atom stereocenters. The minimum atomic E-state index is -0.108. The van der Waals surface area contributed by atoms with Gasteiger partial charge in [0.2, 0.25) is 5.91 Å². The van der Waals surface area contributed by atoms with E-state index >= 15 is 0 Å². The number of hydrogen-bond acceptors (Lipinski definition) is 3. The van der Waals surface area contributed by atoms with Crippen LogP contribution < -0.4 is 5.32 Å². The first kappa shape index (κ1) is 15.0. The monoisotopic (exact) mass is 260 g/mol. The number of rotatable bonds is 5. The van der Waals surface area contributed by atoms with Crippen LogP contribution in [0.25, 0.3) is 0 Å². The second-order valence-corrected chi connectivity index (χ2v) is 4.69. The Morgan fingerprint density at radius 3 is 2.58 bits per heavy atom. The van der Waals surface area contributed by atoms with E-state index in [1.54, 1.807) is 12.3 Å². The maximum atomic E-state index is 11.9. The number of ketones is 1. The molecule has 0 radical (unpaired) electrons. The van der Waals surface area contributed by atoms with E-state index in [0.717, 1.165) is 5.56 Å². The van der Waals surface area contributed by atoms with Gasteiger partial charge in [0, 0.05) is 38.9 Å². The lowest BCUT2D eigenvalue weighted by molar-refractivity contribution is -0.119. The van der Waals surface area contributed by atoms with Crippen molar-refractivity contribution >= 4 is 11.7 Å². The van der Waals surface area contributed by atoms with Crippen molar-refractivity contribution in [3.8, 4) is 0 Å². The maximum absolute atomic E-state index is 11.9. The molecular formula is C15H20N2O2. The van der Waals surface area contributed by atoms with E-state index in [-0.39, 0.29) is 17.7 Å². The first-order valence-corrected chi connectivity index (χ1v) is 6.16. The number of nitrogens with zero attached hydrogens (tertiary/aromatic N) is 1. The van der Waals surface area contributed by atoms with Crippen molar-refractivity contribution in [1.82, 2.24) is 10.2 Å². The molecule has 0 saturated heterocycles. The Morgan fingerprint density at radius 1 is 1.32 bits per heavy atom. The van der Waals surface area contributed by atoms with Gasteiger partial charge in [-0.2, -0.15) is 0 Å². The van der Waals surface area contributed by atoms with E-state index in [1.165, 1.54) is 13.0 Å². The summed E-state index contributed by atoms with van der Waals surface area (Å²) in [5.41, 5.74) is 1.53. The summed E-state index contributed by atoms with van der Waals surface area (Å²) < 4.78 is 0. The van der Waals surface area contributed by atoms with Crippen molar-refractivity contribution in [2.45, 2.75) is 19.9 Å². The topological polar surface area (TPSA) is 49.4 Å². The van der Waals surface area contributed by atoms with Gasteiger partial charge in [-0.3, -0.25) is 9.59 Å². The molecule has 0 spiro atoms. The van der Waals surface area contributed by atoms with Gasteiger partial charge in [0.1, 0.15) is 0 Å². The fraction of sp³-hybridized carbons (Fsp3) is 0.333. The average molecular weight is 260 g/mol. The number of amides is 1. The molecule has 4 nitrogen and oxygen atoms in total. The normalized spacial score (nSPS) is 12.2. The molecule has 1 N–H and O–H groups in total. The molecule has 0 aromatic heterocycles. The Hall–Kier alpha value is -2.10. The van der Waals surface area contributed by atoms with Crippen LogP contribution in [0.15, 0.2) is 36.5 Å². The fourth-order valence-electron chi connectivity index (χ4n) is 1.66. The van der Waals surface area contributed by atoms with E-state index in [9.17, 15) is 9.59 Å². The summed E-state index contributed by atoms with van der Waals surface area (Å²) in [5.74, 6) is -0.137. The van der Waals surface area contributed by atoms with E-state index in [4.69, 9.17) is 0 Å². The van der Waals surface area contributed by atoms with Gasteiger partial charge in [0.15, 0.2) is 5.78 Å². The minimum absolute atomic E-state index is 0.0504. The van der Waals surface area contributed by atoms with Crippen LogP contribution >= 0.6 is 0 Å². The van der Waals surface area contributed by atoms with Gasteiger partial charge in [0.05, 0.1) is 6.04 Å². The molecule has 0 heterocycles. The van der Waals surface area contributed by atoms with Crippen LogP contribution in [0.2, 0.25) is 0 Å². The van der Waals surface area contributed by atoms with Crippen molar-refractivity contribution in [1.29, 1.82) is 0 Å². The van der Waals surface area contributed by atoms with Crippen molar-refractivity contribution < 1.29 is 9.59 Å². The Kier molecular flexibility index (Phi) is 5.30. The summed E-state index contributed by atoms with van der Waals surface area (Å²) in [6, 6.07) is 7.19. The number of nitrogens with one attached hydrogen (secondary N) is 1. The summed E-state index contributed by atoms with van der Waals surface area (Å²) in [7, 11) is 3.72. The molecule has 1 rings (SSSR count). The molecule has 4 heteroatoms. The number of hydrogen-bond donors (Lipinski definition) is 1. The Morgan fingerprint density at radius 2 is 2.00 bits per heavy atom. The summed E-state index contributed by atoms with van der Waals surface area (Å²) in [5, 5.41) is 2.80. The zero-order chi connectivity index (χ0) is 14.4. The summed E-state index contributed by atoms with van der Waals surface area (Å²) in [6.07, 6.45) is 3.24. The number of benzene rings is 1. The predicted molar refractivity (Wildman–Crippen MR) is 75.8 cm³/mol. The lowest BCUT2D eigenvalue weighted by Crippen LogP contribution is -2.23. The van der Waals surface area contributed by atoms with Gasteiger partial charge < -0.3 is 10.2 Å². The zero-order valence-corrected chi connectivity index (χ0v) is 11.8. The highest BCUT2D eigenvalue weighted by Gasteiger charge is 2.09. The van der Waals surface area contributed by atoms with Gasteiger partial charge in [-0.15, -0.1) is 0 Å². The molecule has 0 saturated carbocycles. The summed E-state index contributed by atoms with van der Waals surface area (Å²) in [4.78, 5) is 24.8. The largest absolute Gasteiger partial charge is 0.383 e. The minimum Gasteiger partial charge on any atom is -0.383 e. The van der Waals surface area contributed by atoms with Gasteiger partial charge in [-0.05, 0) is 18.6 Å².